The first-order valence-electron chi connectivity index (χ1n) is 10.3. The molecule has 1 N–H and O–H groups in total. The van der Waals surface area contributed by atoms with E-state index in [1.165, 1.54) is 13.0 Å². The molecule has 0 aromatic rings. The number of hydrogen-bond acceptors (Lipinski definition) is 2. The monoisotopic (exact) mass is 418 g/mol. The smallest absolute Gasteiger partial charge is 0.383 e. The lowest BCUT2D eigenvalue weighted by Gasteiger charge is -2.60. The van der Waals surface area contributed by atoms with Crippen LogP contribution in [0.1, 0.15) is 52.9 Å². The van der Waals surface area contributed by atoms with Crippen LogP contribution in [0.2, 0.25) is 0 Å². The molecule has 0 heterocycles. The van der Waals surface area contributed by atoms with Crippen LogP contribution in [0.4, 0.5) is 22.0 Å². The maximum Gasteiger partial charge on any atom is 0.456 e. The quantitative estimate of drug-likeness (QED) is 0.574. The van der Waals surface area contributed by atoms with Crippen molar-refractivity contribution in [2.45, 2.75) is 70.6 Å². The summed E-state index contributed by atoms with van der Waals surface area (Å²) in [5.74, 6) is -5.61. The molecule has 29 heavy (non-hydrogen) atoms. The highest BCUT2D eigenvalue weighted by Crippen LogP contribution is 2.71. The van der Waals surface area contributed by atoms with Gasteiger partial charge in [0.05, 0.1) is 0 Å². The van der Waals surface area contributed by atoms with Crippen molar-refractivity contribution in [3.8, 4) is 0 Å². The first kappa shape index (κ1) is 21.0. The first-order chi connectivity index (χ1) is 13.2. The van der Waals surface area contributed by atoms with Gasteiger partial charge in [-0.2, -0.15) is 22.0 Å². The van der Waals surface area contributed by atoms with E-state index < -0.39 is 35.5 Å². The van der Waals surface area contributed by atoms with E-state index in [1.54, 1.807) is 6.08 Å². The molecule has 4 aliphatic carbocycles. The Labute approximate surface area is 167 Å². The van der Waals surface area contributed by atoms with Gasteiger partial charge in [-0.05, 0) is 67.9 Å². The minimum atomic E-state index is -5.79. The molecule has 0 unspecified atom stereocenters. The van der Waals surface area contributed by atoms with Gasteiger partial charge in [-0.3, -0.25) is 4.79 Å². The molecule has 4 rings (SSSR count). The number of hydrogen-bond donors (Lipinski definition) is 1. The number of fused-ring (bicyclic) bond motifs is 5. The van der Waals surface area contributed by atoms with E-state index in [-0.39, 0.29) is 41.8 Å². The summed E-state index contributed by atoms with van der Waals surface area (Å²) in [6.45, 7) is 5.46. The largest absolute Gasteiger partial charge is 0.456 e. The average molecular weight is 418 g/mol. The maximum absolute atomic E-state index is 14.5. The second kappa shape index (κ2) is 5.92. The van der Waals surface area contributed by atoms with Gasteiger partial charge in [0.15, 0.2) is 5.78 Å². The van der Waals surface area contributed by atoms with Crippen molar-refractivity contribution in [2.24, 2.45) is 34.5 Å². The van der Waals surface area contributed by atoms with Crippen LogP contribution in [0.25, 0.3) is 0 Å². The predicted octanol–water partition coefficient (Wildman–Crippen LogP) is 5.47. The van der Waals surface area contributed by atoms with Crippen LogP contribution < -0.4 is 0 Å². The van der Waals surface area contributed by atoms with Crippen LogP contribution in [-0.4, -0.2) is 28.6 Å². The Morgan fingerprint density at radius 3 is 2.31 bits per heavy atom. The second-order valence-corrected chi connectivity index (χ2v) is 10.1. The lowest BCUT2D eigenvalue weighted by atomic mass is 9.45. The van der Waals surface area contributed by atoms with Crippen molar-refractivity contribution < 1.29 is 31.9 Å². The van der Waals surface area contributed by atoms with Crippen LogP contribution in [-0.2, 0) is 4.79 Å². The summed E-state index contributed by atoms with van der Waals surface area (Å²) in [6.07, 6.45) is 0.0750. The van der Waals surface area contributed by atoms with Crippen LogP contribution in [0.5, 0.6) is 0 Å². The number of allylic oxidation sites excluding steroid dienone is 4. The minimum absolute atomic E-state index is 0.0464. The third kappa shape index (κ3) is 2.45. The van der Waals surface area contributed by atoms with Gasteiger partial charge >= 0.3 is 12.1 Å². The van der Waals surface area contributed by atoms with Gasteiger partial charge in [0.2, 0.25) is 0 Å². The summed E-state index contributed by atoms with van der Waals surface area (Å²) in [5.41, 5.74) is -3.97. The summed E-state index contributed by atoms with van der Waals surface area (Å²) in [7, 11) is 0. The van der Waals surface area contributed by atoms with Crippen molar-refractivity contribution in [3.63, 3.8) is 0 Å². The van der Waals surface area contributed by atoms with Crippen LogP contribution in [0.3, 0.4) is 0 Å². The molecular weight excluding hydrogens is 391 g/mol. The predicted molar refractivity (Wildman–Crippen MR) is 97.1 cm³/mol. The molecule has 0 bridgehead atoms. The maximum atomic E-state index is 14.5. The lowest BCUT2D eigenvalue weighted by molar-refractivity contribution is -0.364. The highest BCUT2D eigenvalue weighted by atomic mass is 19.4. The van der Waals surface area contributed by atoms with Gasteiger partial charge in [-0.25, -0.2) is 0 Å². The number of ketones is 1. The Bertz CT molecular complexity index is 800. The number of alkyl halides is 5. The Hall–Kier alpha value is -1.24. The highest BCUT2D eigenvalue weighted by Gasteiger charge is 2.79. The van der Waals surface area contributed by atoms with Crippen molar-refractivity contribution in [2.75, 3.05) is 0 Å². The lowest BCUT2D eigenvalue weighted by Crippen LogP contribution is -2.66. The molecular formula is C22H27F5O2. The molecule has 0 aliphatic heterocycles. The fraction of sp³-hybridized carbons (Fsp3) is 0.773. The molecule has 0 spiro atoms. The van der Waals surface area contributed by atoms with Gasteiger partial charge in [-0.15, -0.1) is 0 Å². The van der Waals surface area contributed by atoms with Gasteiger partial charge in [0.25, 0.3) is 0 Å². The first-order valence-corrected chi connectivity index (χ1v) is 10.3. The molecule has 4 aliphatic rings. The molecule has 3 fully saturated rings. The van der Waals surface area contributed by atoms with Crippen molar-refractivity contribution in [3.05, 3.63) is 23.8 Å². The number of aliphatic hydroxyl groups is 1. The summed E-state index contributed by atoms with van der Waals surface area (Å²) < 4.78 is 68.7. The van der Waals surface area contributed by atoms with E-state index in [2.05, 4.69) is 0 Å². The molecule has 0 aromatic carbocycles. The zero-order chi connectivity index (χ0) is 21.6. The third-order valence-corrected chi connectivity index (χ3v) is 8.93. The van der Waals surface area contributed by atoms with Gasteiger partial charge in [0.1, 0.15) is 5.60 Å². The Balaban J connectivity index is 1.75. The average Bonchev–Trinajstić information content (AvgIpc) is 2.88. The topological polar surface area (TPSA) is 37.3 Å². The van der Waals surface area contributed by atoms with Crippen molar-refractivity contribution in [1.82, 2.24) is 0 Å². The molecule has 3 saturated carbocycles. The summed E-state index contributed by atoms with van der Waals surface area (Å²) in [5, 5.41) is 10.9. The Morgan fingerprint density at radius 1 is 1.07 bits per heavy atom. The number of carbonyl (C=O) groups excluding carboxylic acids is 1. The zero-order valence-electron chi connectivity index (χ0n) is 16.8. The van der Waals surface area contributed by atoms with E-state index in [4.69, 9.17) is 0 Å². The third-order valence-electron chi connectivity index (χ3n) is 8.93. The number of halogens is 5. The van der Waals surface area contributed by atoms with Crippen molar-refractivity contribution in [1.29, 1.82) is 0 Å². The van der Waals surface area contributed by atoms with Crippen molar-refractivity contribution >= 4 is 5.78 Å². The molecule has 0 amide bonds. The van der Waals surface area contributed by atoms with Crippen LogP contribution >= 0.6 is 0 Å². The van der Waals surface area contributed by atoms with E-state index in [0.29, 0.717) is 12.8 Å². The van der Waals surface area contributed by atoms with E-state index in [9.17, 15) is 31.9 Å². The fourth-order valence-corrected chi connectivity index (χ4v) is 7.32. The Morgan fingerprint density at radius 2 is 1.69 bits per heavy atom. The standard InChI is InChI=1S/C22H27F5O2/c1-12-10-13-11-14(28)4-7-18(13,2)15-5-8-19(3)16(17(12)15)6-9-20(19,29)21(23,24)22(25,26)27/h4,7,11-12,15-17,29H,5-6,8-10H2,1-3H3/t12-,15+,16+,17-,18+,19+,20+/m1/s1. The zero-order valence-corrected chi connectivity index (χ0v) is 16.8. The summed E-state index contributed by atoms with van der Waals surface area (Å²) in [4.78, 5) is 11.9. The molecule has 162 valence electrons. The second-order valence-electron chi connectivity index (χ2n) is 10.1. The molecule has 2 nitrogen and oxygen atoms in total. The van der Waals surface area contributed by atoms with Gasteiger partial charge in [0, 0.05) is 10.8 Å². The molecule has 0 aromatic heterocycles. The SMILES string of the molecule is C[C@@H]1CC2=CC(=O)C=C[C@]2(C)[C@H]2CC[C@@]3(C)[C@@H](CC[C@@]3(O)C(F)(F)C(F)(F)F)[C@H]12. The Kier molecular flexibility index (Phi) is 4.29. The van der Waals surface area contributed by atoms with Crippen LogP contribution in [0.15, 0.2) is 23.8 Å². The normalized spacial score (nSPS) is 47.3. The molecule has 7 heteroatoms. The number of rotatable bonds is 1. The van der Waals surface area contributed by atoms with E-state index in [0.717, 1.165) is 5.57 Å². The minimum Gasteiger partial charge on any atom is -0.383 e. The summed E-state index contributed by atoms with van der Waals surface area (Å²) >= 11 is 0. The highest BCUT2D eigenvalue weighted by molar-refractivity contribution is 6.01. The van der Waals surface area contributed by atoms with Crippen LogP contribution in [0, 0.1) is 34.5 Å². The molecule has 0 saturated heterocycles. The molecule has 7 atom stereocenters. The van der Waals surface area contributed by atoms with E-state index >= 15 is 0 Å². The van der Waals surface area contributed by atoms with Gasteiger partial charge in [-0.1, -0.05) is 32.4 Å². The summed E-state index contributed by atoms with van der Waals surface area (Å²) in [6, 6.07) is 0. The number of carbonyl (C=O) groups is 1. The molecule has 0 radical (unpaired) electrons. The van der Waals surface area contributed by atoms with E-state index in [1.807, 2.05) is 19.9 Å². The fourth-order valence-electron chi connectivity index (χ4n) is 7.32. The van der Waals surface area contributed by atoms with Gasteiger partial charge < -0.3 is 5.11 Å².